The predicted molar refractivity (Wildman–Crippen MR) is 75.5 cm³/mol. The molecule has 1 heterocycles. The van der Waals surface area contributed by atoms with Gasteiger partial charge in [0, 0.05) is 11.3 Å². The lowest BCUT2D eigenvalue weighted by molar-refractivity contribution is 0.629. The molecule has 0 aliphatic carbocycles. The quantitative estimate of drug-likeness (QED) is 0.846. The number of anilines is 3. The summed E-state index contributed by atoms with van der Waals surface area (Å²) in [7, 11) is 0. The number of hydrogen-bond donors (Lipinski definition) is 2. The van der Waals surface area contributed by atoms with Crippen LogP contribution in [0, 0.1) is 5.82 Å². The summed E-state index contributed by atoms with van der Waals surface area (Å²) in [5.41, 5.74) is 7.07. The first-order valence-electron chi connectivity index (χ1n) is 5.53. The highest BCUT2D eigenvalue weighted by Crippen LogP contribution is 2.30. The molecule has 0 saturated heterocycles. The first-order chi connectivity index (χ1) is 9.02. The molecule has 0 amide bonds. The molecule has 0 radical (unpaired) electrons. The fourth-order valence-electron chi connectivity index (χ4n) is 1.65. The van der Waals surface area contributed by atoms with Gasteiger partial charge in [-0.2, -0.15) is 0 Å². The fourth-order valence-corrected chi connectivity index (χ4v) is 2.13. The van der Waals surface area contributed by atoms with Gasteiger partial charge < -0.3 is 11.1 Å². The van der Waals surface area contributed by atoms with E-state index >= 15 is 0 Å². The zero-order valence-corrected chi connectivity index (χ0v) is 11.6. The Morgan fingerprint density at radius 2 is 1.89 bits per heavy atom. The van der Waals surface area contributed by atoms with Gasteiger partial charge in [0.2, 0.25) is 0 Å². The van der Waals surface area contributed by atoms with Crippen molar-refractivity contribution in [3.8, 4) is 0 Å². The lowest BCUT2D eigenvalue weighted by Crippen LogP contribution is -2.04. The van der Waals surface area contributed by atoms with E-state index in [0.29, 0.717) is 23.7 Å². The molecule has 0 atom stereocenters. The molecule has 0 aliphatic rings. The largest absolute Gasteiger partial charge is 0.383 e. The molecular weight excluding hydrogens is 290 g/mol. The summed E-state index contributed by atoms with van der Waals surface area (Å²) >= 11 is 11.5. The Hall–Kier alpha value is -1.59. The minimum absolute atomic E-state index is 0.0601. The Balaban J connectivity index is 2.39. The average Bonchev–Trinajstić information content (AvgIpc) is 2.36. The van der Waals surface area contributed by atoms with Crippen LogP contribution in [0.5, 0.6) is 0 Å². The van der Waals surface area contributed by atoms with E-state index in [1.165, 1.54) is 18.5 Å². The van der Waals surface area contributed by atoms with E-state index in [-0.39, 0.29) is 10.0 Å². The van der Waals surface area contributed by atoms with Gasteiger partial charge in [-0.3, -0.25) is 0 Å². The van der Waals surface area contributed by atoms with Gasteiger partial charge in [-0.1, -0.05) is 30.1 Å². The van der Waals surface area contributed by atoms with Crippen molar-refractivity contribution >= 4 is 40.5 Å². The van der Waals surface area contributed by atoms with Crippen molar-refractivity contribution in [2.24, 2.45) is 0 Å². The molecule has 0 bridgehead atoms. The maximum absolute atomic E-state index is 13.3. The number of nitrogens with two attached hydrogens (primary N) is 1. The van der Waals surface area contributed by atoms with Crippen LogP contribution >= 0.6 is 23.2 Å². The summed E-state index contributed by atoms with van der Waals surface area (Å²) in [6, 6.07) is 2.86. The minimum Gasteiger partial charge on any atom is -0.383 e. The maximum atomic E-state index is 13.3. The monoisotopic (exact) mass is 300 g/mol. The van der Waals surface area contributed by atoms with E-state index in [0.717, 1.165) is 5.56 Å². The van der Waals surface area contributed by atoms with Gasteiger partial charge in [0.15, 0.2) is 5.82 Å². The van der Waals surface area contributed by atoms with E-state index in [4.69, 9.17) is 28.9 Å². The Morgan fingerprint density at radius 3 is 2.47 bits per heavy atom. The van der Waals surface area contributed by atoms with Crippen molar-refractivity contribution in [1.82, 2.24) is 9.97 Å². The second-order valence-electron chi connectivity index (χ2n) is 3.82. The zero-order chi connectivity index (χ0) is 14.0. The van der Waals surface area contributed by atoms with Gasteiger partial charge in [0.25, 0.3) is 0 Å². The van der Waals surface area contributed by atoms with Gasteiger partial charge in [0.05, 0.1) is 10.0 Å². The number of aromatic nitrogens is 2. The van der Waals surface area contributed by atoms with Gasteiger partial charge in [-0.25, -0.2) is 14.4 Å². The zero-order valence-electron chi connectivity index (χ0n) is 10.0. The predicted octanol–water partition coefficient (Wildman–Crippen LogP) is 3.81. The summed E-state index contributed by atoms with van der Waals surface area (Å²) in [5.74, 6) is 0.305. The first-order valence-corrected chi connectivity index (χ1v) is 6.29. The SMILES string of the molecule is CCc1c(N)ncnc1Nc1cc(Cl)c(F)c(Cl)c1. The van der Waals surface area contributed by atoms with Crippen LogP contribution in [0.2, 0.25) is 10.0 Å². The van der Waals surface area contributed by atoms with E-state index in [1.807, 2.05) is 6.92 Å². The fraction of sp³-hybridized carbons (Fsp3) is 0.167. The smallest absolute Gasteiger partial charge is 0.160 e. The maximum Gasteiger partial charge on any atom is 0.160 e. The molecule has 0 unspecified atom stereocenters. The lowest BCUT2D eigenvalue weighted by atomic mass is 10.2. The van der Waals surface area contributed by atoms with Gasteiger partial charge >= 0.3 is 0 Å². The Bertz CT molecular complexity index is 596. The molecule has 3 N–H and O–H groups in total. The number of benzene rings is 1. The number of halogens is 3. The van der Waals surface area contributed by atoms with E-state index < -0.39 is 5.82 Å². The van der Waals surface area contributed by atoms with Crippen LogP contribution in [0.1, 0.15) is 12.5 Å². The van der Waals surface area contributed by atoms with Crippen molar-refractivity contribution < 1.29 is 4.39 Å². The summed E-state index contributed by atoms with van der Waals surface area (Å²) in [6.45, 7) is 1.94. The van der Waals surface area contributed by atoms with Crippen LogP contribution in [0.3, 0.4) is 0 Å². The number of hydrogen-bond acceptors (Lipinski definition) is 4. The molecule has 0 saturated carbocycles. The Morgan fingerprint density at radius 1 is 1.26 bits per heavy atom. The molecule has 2 rings (SSSR count). The summed E-state index contributed by atoms with van der Waals surface area (Å²) < 4.78 is 13.3. The highest BCUT2D eigenvalue weighted by molar-refractivity contribution is 6.35. The topological polar surface area (TPSA) is 63.8 Å². The average molecular weight is 301 g/mol. The number of nitrogens with zero attached hydrogens (tertiary/aromatic N) is 2. The molecule has 19 heavy (non-hydrogen) atoms. The first kappa shape index (κ1) is 13.8. The van der Waals surface area contributed by atoms with Gasteiger partial charge in [0.1, 0.15) is 18.0 Å². The second kappa shape index (κ2) is 5.59. The van der Waals surface area contributed by atoms with Crippen molar-refractivity contribution in [1.29, 1.82) is 0 Å². The van der Waals surface area contributed by atoms with Crippen molar-refractivity contribution in [3.05, 3.63) is 39.9 Å². The third-order valence-corrected chi connectivity index (χ3v) is 3.13. The number of nitrogen functional groups attached to an aromatic ring is 1. The normalized spacial score (nSPS) is 10.5. The van der Waals surface area contributed by atoms with Crippen LogP contribution in [0.4, 0.5) is 21.7 Å². The Kier molecular flexibility index (Phi) is 4.07. The molecule has 1 aromatic carbocycles. The summed E-state index contributed by atoms with van der Waals surface area (Å²) in [6.07, 6.45) is 2.02. The molecule has 7 heteroatoms. The second-order valence-corrected chi connectivity index (χ2v) is 4.63. The molecule has 0 aliphatic heterocycles. The number of rotatable bonds is 3. The van der Waals surface area contributed by atoms with Gasteiger partial charge in [-0.15, -0.1) is 0 Å². The van der Waals surface area contributed by atoms with Gasteiger partial charge in [-0.05, 0) is 18.6 Å². The van der Waals surface area contributed by atoms with E-state index in [1.54, 1.807) is 0 Å². The van der Waals surface area contributed by atoms with Crippen molar-refractivity contribution in [2.75, 3.05) is 11.1 Å². The van der Waals surface area contributed by atoms with Crippen LogP contribution in [-0.2, 0) is 6.42 Å². The summed E-state index contributed by atoms with van der Waals surface area (Å²) in [5, 5.41) is 2.89. The standard InChI is InChI=1S/C12H11Cl2FN4/c1-2-7-11(16)17-5-18-12(7)19-6-3-8(13)10(15)9(14)4-6/h3-5H,2H2,1H3,(H3,16,17,18,19). The van der Waals surface area contributed by atoms with Crippen molar-refractivity contribution in [3.63, 3.8) is 0 Å². The molecule has 0 spiro atoms. The number of nitrogens with one attached hydrogen (secondary N) is 1. The third-order valence-electron chi connectivity index (χ3n) is 2.58. The van der Waals surface area contributed by atoms with Crippen molar-refractivity contribution in [2.45, 2.75) is 13.3 Å². The van der Waals surface area contributed by atoms with E-state index in [9.17, 15) is 4.39 Å². The highest BCUT2D eigenvalue weighted by atomic mass is 35.5. The van der Waals surface area contributed by atoms with Crippen LogP contribution in [-0.4, -0.2) is 9.97 Å². The van der Waals surface area contributed by atoms with Crippen LogP contribution in [0.25, 0.3) is 0 Å². The summed E-state index contributed by atoms with van der Waals surface area (Å²) in [4.78, 5) is 8.02. The molecular formula is C12H11Cl2FN4. The molecule has 2 aromatic rings. The molecule has 100 valence electrons. The third kappa shape index (κ3) is 2.88. The van der Waals surface area contributed by atoms with Crippen LogP contribution < -0.4 is 11.1 Å². The van der Waals surface area contributed by atoms with Crippen LogP contribution in [0.15, 0.2) is 18.5 Å². The lowest BCUT2D eigenvalue weighted by Gasteiger charge is -2.12. The highest BCUT2D eigenvalue weighted by Gasteiger charge is 2.11. The molecule has 0 fully saturated rings. The minimum atomic E-state index is -0.646. The van der Waals surface area contributed by atoms with E-state index in [2.05, 4.69) is 15.3 Å². The molecule has 1 aromatic heterocycles. The Labute approximate surface area is 119 Å². The molecule has 4 nitrogen and oxygen atoms in total.